The topological polar surface area (TPSA) is 63.2 Å². The van der Waals surface area contributed by atoms with Crippen molar-refractivity contribution in [3.05, 3.63) is 24.0 Å². The quantitative estimate of drug-likeness (QED) is 0.606. The number of carbonyl (C=O) groups is 2. The second-order valence-electron chi connectivity index (χ2n) is 3.18. The number of aromatic nitrogens is 2. The molecule has 0 N–H and O–H groups in total. The van der Waals surface area contributed by atoms with E-state index < -0.39 is 0 Å². The number of ketones is 1. The summed E-state index contributed by atoms with van der Waals surface area (Å²) in [5, 5.41) is 7.54. The second kappa shape index (κ2) is 3.53. The van der Waals surface area contributed by atoms with Gasteiger partial charge in [0.15, 0.2) is 5.78 Å². The normalized spacial score (nSPS) is 16.4. The van der Waals surface area contributed by atoms with Crippen molar-refractivity contribution in [3.63, 3.8) is 0 Å². The SMILES string of the molecule is O=C1CC(=O)N(Cc2cccnn2)C1. The van der Waals surface area contributed by atoms with Gasteiger partial charge < -0.3 is 4.90 Å². The van der Waals surface area contributed by atoms with Gasteiger partial charge in [0.2, 0.25) is 5.91 Å². The molecule has 0 unspecified atom stereocenters. The predicted octanol–water partition coefficient (Wildman–Crippen LogP) is -0.222. The van der Waals surface area contributed by atoms with Crippen molar-refractivity contribution in [2.75, 3.05) is 6.54 Å². The Morgan fingerprint density at radius 3 is 2.86 bits per heavy atom. The number of hydrogen-bond donors (Lipinski definition) is 0. The van der Waals surface area contributed by atoms with E-state index >= 15 is 0 Å². The van der Waals surface area contributed by atoms with Gasteiger partial charge in [-0.1, -0.05) is 0 Å². The van der Waals surface area contributed by atoms with E-state index in [0.717, 1.165) is 0 Å². The van der Waals surface area contributed by atoms with Crippen LogP contribution >= 0.6 is 0 Å². The first kappa shape index (κ1) is 8.80. The summed E-state index contributed by atoms with van der Waals surface area (Å²) in [4.78, 5) is 23.7. The fraction of sp³-hybridized carbons (Fsp3) is 0.333. The molecule has 1 aliphatic rings. The highest BCUT2D eigenvalue weighted by Crippen LogP contribution is 2.09. The Hall–Kier alpha value is -1.78. The average Bonchev–Trinajstić information content (AvgIpc) is 2.47. The van der Waals surface area contributed by atoms with Crippen LogP contribution in [0.2, 0.25) is 0 Å². The molecule has 1 saturated heterocycles. The Balaban J connectivity index is 2.05. The van der Waals surface area contributed by atoms with Crippen molar-refractivity contribution in [1.82, 2.24) is 15.1 Å². The number of hydrogen-bond acceptors (Lipinski definition) is 4. The van der Waals surface area contributed by atoms with Gasteiger partial charge in [0.05, 0.1) is 25.2 Å². The highest BCUT2D eigenvalue weighted by Gasteiger charge is 2.27. The lowest BCUT2D eigenvalue weighted by Gasteiger charge is -2.12. The molecule has 0 spiro atoms. The first-order valence-corrected chi connectivity index (χ1v) is 4.32. The van der Waals surface area contributed by atoms with Crippen LogP contribution < -0.4 is 0 Å². The van der Waals surface area contributed by atoms with Crippen LogP contribution in [0.25, 0.3) is 0 Å². The number of Topliss-reactive ketones (excluding diaryl/α,β-unsaturated/α-hetero) is 1. The van der Waals surface area contributed by atoms with E-state index in [9.17, 15) is 9.59 Å². The molecule has 1 aromatic rings. The molecule has 2 heterocycles. The average molecular weight is 191 g/mol. The molecule has 1 amide bonds. The number of nitrogens with zero attached hydrogens (tertiary/aromatic N) is 3. The maximum Gasteiger partial charge on any atom is 0.230 e. The molecule has 5 nitrogen and oxygen atoms in total. The summed E-state index contributed by atoms with van der Waals surface area (Å²) < 4.78 is 0. The third-order valence-electron chi connectivity index (χ3n) is 2.05. The Bertz CT molecular complexity index is 364. The lowest BCUT2D eigenvalue weighted by molar-refractivity contribution is -0.128. The number of carbonyl (C=O) groups excluding carboxylic acids is 2. The third kappa shape index (κ3) is 1.76. The fourth-order valence-corrected chi connectivity index (χ4v) is 1.39. The van der Waals surface area contributed by atoms with Gasteiger partial charge in [0.25, 0.3) is 0 Å². The van der Waals surface area contributed by atoms with Crippen LogP contribution in [0.4, 0.5) is 0 Å². The van der Waals surface area contributed by atoms with Gasteiger partial charge >= 0.3 is 0 Å². The molecule has 0 aromatic carbocycles. The Labute approximate surface area is 80.7 Å². The van der Waals surface area contributed by atoms with Gasteiger partial charge in [-0.2, -0.15) is 10.2 Å². The van der Waals surface area contributed by atoms with Gasteiger partial charge in [-0.3, -0.25) is 9.59 Å². The smallest absolute Gasteiger partial charge is 0.230 e. The number of rotatable bonds is 2. The maximum atomic E-state index is 11.2. The van der Waals surface area contributed by atoms with Crippen molar-refractivity contribution in [2.24, 2.45) is 0 Å². The van der Waals surface area contributed by atoms with Crippen LogP contribution in [0.5, 0.6) is 0 Å². The third-order valence-corrected chi connectivity index (χ3v) is 2.05. The van der Waals surface area contributed by atoms with Gasteiger partial charge in [-0.05, 0) is 12.1 Å². The molecule has 2 rings (SSSR count). The molecule has 1 fully saturated rings. The molecular formula is C9H9N3O2. The zero-order valence-corrected chi connectivity index (χ0v) is 7.51. The summed E-state index contributed by atoms with van der Waals surface area (Å²) in [6, 6.07) is 3.54. The van der Waals surface area contributed by atoms with Crippen LogP contribution in [0.1, 0.15) is 12.1 Å². The van der Waals surface area contributed by atoms with E-state index in [2.05, 4.69) is 10.2 Å². The predicted molar refractivity (Wildman–Crippen MR) is 47.1 cm³/mol. The summed E-state index contributed by atoms with van der Waals surface area (Å²) in [6.07, 6.45) is 1.60. The Morgan fingerprint density at radius 2 is 2.29 bits per heavy atom. The van der Waals surface area contributed by atoms with Gasteiger partial charge in [-0.25, -0.2) is 0 Å². The van der Waals surface area contributed by atoms with E-state index in [4.69, 9.17) is 0 Å². The largest absolute Gasteiger partial charge is 0.329 e. The van der Waals surface area contributed by atoms with Crippen LogP contribution in [-0.2, 0) is 16.1 Å². The van der Waals surface area contributed by atoms with Crippen molar-refractivity contribution < 1.29 is 9.59 Å². The fourth-order valence-electron chi connectivity index (χ4n) is 1.39. The summed E-state index contributed by atoms with van der Waals surface area (Å²) in [5.74, 6) is -0.153. The van der Waals surface area contributed by atoms with E-state index in [1.54, 1.807) is 18.3 Å². The highest BCUT2D eigenvalue weighted by atomic mass is 16.2. The summed E-state index contributed by atoms with van der Waals surface area (Å²) in [6.45, 7) is 0.577. The van der Waals surface area contributed by atoms with Crippen molar-refractivity contribution in [2.45, 2.75) is 13.0 Å². The first-order valence-electron chi connectivity index (χ1n) is 4.32. The minimum atomic E-state index is -0.124. The molecule has 0 saturated carbocycles. The number of amides is 1. The molecule has 14 heavy (non-hydrogen) atoms. The molecule has 0 bridgehead atoms. The van der Waals surface area contributed by atoms with Crippen molar-refractivity contribution >= 4 is 11.7 Å². The molecule has 72 valence electrons. The molecule has 1 aliphatic heterocycles. The Morgan fingerprint density at radius 1 is 1.43 bits per heavy atom. The molecule has 0 aliphatic carbocycles. The zero-order chi connectivity index (χ0) is 9.97. The van der Waals surface area contributed by atoms with E-state index in [1.807, 2.05) is 0 Å². The van der Waals surface area contributed by atoms with Crippen molar-refractivity contribution in [1.29, 1.82) is 0 Å². The lowest BCUT2D eigenvalue weighted by Crippen LogP contribution is -2.25. The van der Waals surface area contributed by atoms with Gasteiger partial charge in [0.1, 0.15) is 0 Å². The van der Waals surface area contributed by atoms with E-state index in [0.29, 0.717) is 12.2 Å². The second-order valence-corrected chi connectivity index (χ2v) is 3.18. The molecular weight excluding hydrogens is 182 g/mol. The summed E-state index contributed by atoms with van der Waals surface area (Å²) >= 11 is 0. The lowest BCUT2D eigenvalue weighted by atomic mass is 10.3. The van der Waals surface area contributed by atoms with E-state index in [1.165, 1.54) is 4.90 Å². The number of likely N-dealkylation sites (tertiary alicyclic amines) is 1. The Kier molecular flexibility index (Phi) is 2.22. The summed E-state index contributed by atoms with van der Waals surface area (Å²) in [5.41, 5.74) is 0.704. The molecule has 0 atom stereocenters. The minimum absolute atomic E-state index is 0.0280. The maximum absolute atomic E-state index is 11.2. The molecule has 1 aromatic heterocycles. The standard InChI is InChI=1S/C9H9N3O2/c13-8-4-9(14)12(6-8)5-7-2-1-3-10-11-7/h1-3H,4-6H2. The van der Waals surface area contributed by atoms with Crippen LogP contribution in [0, 0.1) is 0 Å². The zero-order valence-electron chi connectivity index (χ0n) is 7.51. The molecule has 0 radical (unpaired) electrons. The van der Waals surface area contributed by atoms with Gasteiger partial charge in [-0.15, -0.1) is 0 Å². The molecule has 5 heteroatoms. The monoisotopic (exact) mass is 191 g/mol. The van der Waals surface area contributed by atoms with Crippen LogP contribution in [-0.4, -0.2) is 33.3 Å². The van der Waals surface area contributed by atoms with Crippen LogP contribution in [0.15, 0.2) is 18.3 Å². The van der Waals surface area contributed by atoms with Crippen LogP contribution in [0.3, 0.4) is 0 Å². The minimum Gasteiger partial charge on any atom is -0.329 e. The highest BCUT2D eigenvalue weighted by molar-refractivity contribution is 6.05. The van der Waals surface area contributed by atoms with Crippen molar-refractivity contribution in [3.8, 4) is 0 Å². The van der Waals surface area contributed by atoms with Gasteiger partial charge in [0, 0.05) is 6.20 Å². The first-order chi connectivity index (χ1) is 6.75. The van der Waals surface area contributed by atoms with E-state index in [-0.39, 0.29) is 24.7 Å². The summed E-state index contributed by atoms with van der Waals surface area (Å²) in [7, 11) is 0.